The first-order valence-corrected chi connectivity index (χ1v) is 15.5. The number of nitrogens with zero attached hydrogens (tertiary/aromatic N) is 5. The minimum Gasteiger partial charge on any atom is -0.477 e. The van der Waals surface area contributed by atoms with Crippen LogP contribution in [-0.4, -0.2) is 63.7 Å². The number of alkyl halides is 3. The molecule has 1 atom stereocenters. The molecule has 0 radical (unpaired) electrons. The molecule has 10 nitrogen and oxygen atoms in total. The largest absolute Gasteiger partial charge is 0.477 e. The number of carbonyl (C=O) groups excluding carboxylic acids is 1. The van der Waals surface area contributed by atoms with Gasteiger partial charge in [0.2, 0.25) is 5.88 Å². The number of anilines is 1. The number of rotatable bonds is 6. The molecule has 2 aromatic rings. The van der Waals surface area contributed by atoms with E-state index in [0.29, 0.717) is 34.6 Å². The van der Waals surface area contributed by atoms with Gasteiger partial charge in [0, 0.05) is 42.3 Å². The van der Waals surface area contributed by atoms with Crippen molar-refractivity contribution >= 4 is 28.7 Å². The number of aliphatic imine (C=N–C) groups is 1. The zero-order valence-corrected chi connectivity index (χ0v) is 26.8. The van der Waals surface area contributed by atoms with Crippen LogP contribution >= 0.6 is 11.9 Å². The van der Waals surface area contributed by atoms with E-state index < -0.39 is 11.6 Å². The van der Waals surface area contributed by atoms with Gasteiger partial charge < -0.3 is 20.7 Å². The van der Waals surface area contributed by atoms with E-state index >= 15 is 0 Å². The molecule has 0 aromatic carbocycles. The molecule has 2 aliphatic heterocycles. The van der Waals surface area contributed by atoms with Gasteiger partial charge in [-0.15, -0.1) is 5.10 Å². The molecule has 1 unspecified atom stereocenters. The molecule has 1 saturated carbocycles. The van der Waals surface area contributed by atoms with Crippen LogP contribution in [0.2, 0.25) is 0 Å². The molecule has 44 heavy (non-hydrogen) atoms. The minimum atomic E-state index is -4.22. The second-order valence-electron chi connectivity index (χ2n) is 10.9. The first-order chi connectivity index (χ1) is 20.9. The van der Waals surface area contributed by atoms with Crippen molar-refractivity contribution in [2.75, 3.05) is 25.1 Å². The van der Waals surface area contributed by atoms with Crippen LogP contribution in [0, 0.1) is 5.41 Å². The number of fused-ring (bicyclic) bond motifs is 3. The molecule has 4 heterocycles. The van der Waals surface area contributed by atoms with Gasteiger partial charge in [-0.2, -0.15) is 13.2 Å². The molecule has 4 N–H and O–H groups in total. The molecule has 2 fully saturated rings. The number of hydrogen-bond donors (Lipinski definition) is 3. The van der Waals surface area contributed by atoms with Gasteiger partial charge in [-0.25, -0.2) is 14.7 Å². The smallest absolute Gasteiger partial charge is 0.394 e. The summed E-state index contributed by atoms with van der Waals surface area (Å²) < 4.78 is 49.6. The molecule has 0 spiro atoms. The van der Waals surface area contributed by atoms with E-state index in [0.717, 1.165) is 24.8 Å². The van der Waals surface area contributed by atoms with Crippen molar-refractivity contribution in [2.24, 2.45) is 16.1 Å². The standard InChI is InChI=1S/C27H32F3N7O2S.C2H6.CH5N/c1-5-22-32-17(2)31-16-18-8-10-25(3,4)37(18)23-19(24(38)35-40-22)6-7-20(33-23)36-14-9-21(34-36)39-15-13-26(11-12-26)27(28,29)30;2*1-2/h5-7,9,14,18,31H,1-2,8,10-13,15-16H2,3-4H3,(H,35,38);1-2H3;2H2,1H3/b32-22+;;. The molecule has 0 bridgehead atoms. The normalized spacial score (nSPS) is 21.5. The maximum atomic E-state index is 13.3. The number of aromatic nitrogens is 3. The van der Waals surface area contributed by atoms with E-state index in [-0.39, 0.29) is 49.2 Å². The summed E-state index contributed by atoms with van der Waals surface area (Å²) >= 11 is 1.04. The predicted octanol–water partition coefficient (Wildman–Crippen LogP) is 5.76. The fraction of sp³-hybridized carbons (Fsp3) is 0.533. The SMILES string of the molecule is C=C/C1=N\C(=C)NCC2CCC(C)(C)N2c2nc(-n3ccc(OCCC4(C(F)(F)F)CC4)n3)ccc2C(=O)NS1.CC.CN. The molecule has 242 valence electrons. The monoisotopic (exact) mass is 636 g/mol. The van der Waals surface area contributed by atoms with E-state index in [2.05, 4.69) is 57.8 Å². The average Bonchev–Trinajstić information content (AvgIpc) is 3.56. The Labute approximate surface area is 261 Å². The lowest BCUT2D eigenvalue weighted by Crippen LogP contribution is -2.48. The number of nitrogens with one attached hydrogen (secondary N) is 2. The number of carbonyl (C=O) groups is 1. The Hall–Kier alpha value is -3.52. The quantitative estimate of drug-likeness (QED) is 0.342. The maximum absolute atomic E-state index is 13.3. The van der Waals surface area contributed by atoms with Gasteiger partial charge >= 0.3 is 6.18 Å². The summed E-state index contributed by atoms with van der Waals surface area (Å²) in [5.74, 6) is 1.29. The first-order valence-electron chi connectivity index (χ1n) is 14.7. The van der Waals surface area contributed by atoms with E-state index in [4.69, 9.17) is 9.72 Å². The number of nitrogens with two attached hydrogens (primary N) is 1. The third-order valence-corrected chi connectivity index (χ3v) is 8.49. The van der Waals surface area contributed by atoms with Gasteiger partial charge in [0.05, 0.1) is 17.6 Å². The Balaban J connectivity index is 0.00000127. The summed E-state index contributed by atoms with van der Waals surface area (Å²) in [5.41, 5.74) is 2.97. The Kier molecular flexibility index (Phi) is 11.5. The summed E-state index contributed by atoms with van der Waals surface area (Å²) in [6.45, 7) is 16.4. The summed E-state index contributed by atoms with van der Waals surface area (Å²) in [7, 11) is 1.50. The Morgan fingerprint density at radius 2 is 1.91 bits per heavy atom. The van der Waals surface area contributed by atoms with E-state index in [9.17, 15) is 18.0 Å². The summed E-state index contributed by atoms with van der Waals surface area (Å²) in [6, 6.07) is 4.97. The van der Waals surface area contributed by atoms with Crippen molar-refractivity contribution < 1.29 is 22.7 Å². The van der Waals surface area contributed by atoms with Crippen molar-refractivity contribution in [3.05, 3.63) is 55.0 Å². The third kappa shape index (κ3) is 7.76. The van der Waals surface area contributed by atoms with Gasteiger partial charge in [-0.3, -0.25) is 9.52 Å². The Morgan fingerprint density at radius 3 is 2.55 bits per heavy atom. The van der Waals surface area contributed by atoms with E-state index in [1.165, 1.54) is 11.7 Å². The number of hydrogen-bond acceptors (Lipinski definition) is 9. The van der Waals surface area contributed by atoms with Gasteiger partial charge in [-0.05, 0) is 71.2 Å². The lowest BCUT2D eigenvalue weighted by atomic mass is 10.0. The number of pyridine rings is 1. The molecular formula is C30H43F3N8O2S. The van der Waals surface area contributed by atoms with E-state index in [1.54, 1.807) is 30.5 Å². The lowest BCUT2D eigenvalue weighted by molar-refractivity contribution is -0.190. The third-order valence-electron chi connectivity index (χ3n) is 7.73. The van der Waals surface area contributed by atoms with Crippen LogP contribution < -0.4 is 25.4 Å². The second-order valence-corrected chi connectivity index (χ2v) is 11.7. The van der Waals surface area contributed by atoms with Gasteiger partial charge in [-0.1, -0.05) is 27.0 Å². The van der Waals surface area contributed by atoms with Crippen LogP contribution in [-0.2, 0) is 0 Å². The number of amides is 1. The number of halogens is 3. The molecule has 1 amide bonds. The topological polar surface area (TPSA) is 123 Å². The molecule has 1 aliphatic carbocycles. The van der Waals surface area contributed by atoms with Crippen molar-refractivity contribution in [1.82, 2.24) is 24.8 Å². The van der Waals surface area contributed by atoms with Crippen molar-refractivity contribution in [1.29, 1.82) is 0 Å². The zero-order valence-electron chi connectivity index (χ0n) is 26.0. The number of ether oxygens (including phenoxy) is 1. The van der Waals surface area contributed by atoms with Crippen LogP contribution in [0.3, 0.4) is 0 Å². The second kappa shape index (κ2) is 14.5. The maximum Gasteiger partial charge on any atom is 0.394 e. The highest BCUT2D eigenvalue weighted by atomic mass is 32.2. The molecular weight excluding hydrogens is 593 g/mol. The highest BCUT2D eigenvalue weighted by Gasteiger charge is 2.62. The Morgan fingerprint density at radius 1 is 1.20 bits per heavy atom. The van der Waals surface area contributed by atoms with Crippen LogP contribution in [0.15, 0.2) is 54.4 Å². The predicted molar refractivity (Wildman–Crippen MR) is 170 cm³/mol. The lowest BCUT2D eigenvalue weighted by Gasteiger charge is -2.38. The minimum absolute atomic E-state index is 0.00963. The van der Waals surface area contributed by atoms with Gasteiger partial charge in [0.1, 0.15) is 16.7 Å². The van der Waals surface area contributed by atoms with Crippen LogP contribution in [0.5, 0.6) is 5.88 Å². The fourth-order valence-corrected chi connectivity index (χ4v) is 5.75. The van der Waals surface area contributed by atoms with Crippen LogP contribution in [0.25, 0.3) is 5.82 Å². The van der Waals surface area contributed by atoms with E-state index in [1.807, 2.05) is 13.8 Å². The summed E-state index contributed by atoms with van der Waals surface area (Å²) in [5, 5.41) is 8.16. The first kappa shape index (κ1) is 35.0. The van der Waals surface area contributed by atoms with Crippen LogP contribution in [0.1, 0.15) is 70.2 Å². The molecule has 14 heteroatoms. The van der Waals surface area contributed by atoms with Gasteiger partial charge in [0.15, 0.2) is 5.82 Å². The van der Waals surface area contributed by atoms with Crippen molar-refractivity contribution in [2.45, 2.75) is 77.6 Å². The summed E-state index contributed by atoms with van der Waals surface area (Å²) in [4.78, 5) is 24.8. The molecule has 3 aliphatic rings. The van der Waals surface area contributed by atoms with Crippen molar-refractivity contribution in [3.8, 4) is 11.7 Å². The van der Waals surface area contributed by atoms with Gasteiger partial charge in [0.25, 0.3) is 5.91 Å². The Bertz CT molecular complexity index is 1350. The average molecular weight is 637 g/mol. The molecule has 5 rings (SSSR count). The van der Waals surface area contributed by atoms with Crippen LogP contribution in [0.4, 0.5) is 19.0 Å². The highest BCUT2D eigenvalue weighted by Crippen LogP contribution is 2.59. The highest BCUT2D eigenvalue weighted by molar-refractivity contribution is 8.13. The molecule has 2 aromatic heterocycles. The zero-order chi connectivity index (χ0) is 32.7. The van der Waals surface area contributed by atoms with Crippen molar-refractivity contribution in [3.63, 3.8) is 0 Å². The summed E-state index contributed by atoms with van der Waals surface area (Å²) in [6.07, 6.45) is 0.888. The fourth-order valence-electron chi connectivity index (χ4n) is 5.20. The molecule has 1 saturated heterocycles.